The van der Waals surface area contributed by atoms with E-state index < -0.39 is 0 Å². The van der Waals surface area contributed by atoms with Gasteiger partial charge < -0.3 is 0 Å². The van der Waals surface area contributed by atoms with Crippen LogP contribution in [-0.4, -0.2) is 9.97 Å². The van der Waals surface area contributed by atoms with E-state index in [2.05, 4.69) is 25.9 Å². The molecule has 12 heavy (non-hydrogen) atoms. The Morgan fingerprint density at radius 3 is 3.00 bits per heavy atom. The number of hydrogen-bond donors (Lipinski definition) is 0. The van der Waals surface area contributed by atoms with E-state index in [9.17, 15) is 4.39 Å². The first-order chi connectivity index (χ1) is 5.77. The van der Waals surface area contributed by atoms with E-state index in [0.717, 1.165) is 5.52 Å². The second-order valence-electron chi connectivity index (χ2n) is 2.35. The average Bonchev–Trinajstić information content (AvgIpc) is 2.04. The Hall–Kier alpha value is -1.03. The van der Waals surface area contributed by atoms with Crippen molar-refractivity contribution < 1.29 is 4.39 Å². The summed E-state index contributed by atoms with van der Waals surface area (Å²) in [7, 11) is 0. The van der Waals surface area contributed by atoms with E-state index >= 15 is 0 Å². The normalized spacial score (nSPS) is 10.5. The third-order valence-electron chi connectivity index (χ3n) is 1.52. The molecular weight excluding hydrogens is 223 g/mol. The molecule has 0 aliphatic carbocycles. The first-order valence-electron chi connectivity index (χ1n) is 3.32. The van der Waals surface area contributed by atoms with Gasteiger partial charge in [0, 0.05) is 16.1 Å². The van der Waals surface area contributed by atoms with E-state index in [1.165, 1.54) is 18.5 Å². The Labute approximate surface area is 76.6 Å². The molecule has 0 saturated heterocycles. The SMILES string of the molecule is Fc1cc(Br)c2ncncc2c1. The molecule has 2 rings (SSSR count). The first kappa shape index (κ1) is 7.61. The lowest BCUT2D eigenvalue weighted by Gasteiger charge is -1.97. The van der Waals surface area contributed by atoms with Gasteiger partial charge in [0.05, 0.1) is 5.52 Å². The zero-order valence-electron chi connectivity index (χ0n) is 5.96. The number of rotatable bonds is 0. The summed E-state index contributed by atoms with van der Waals surface area (Å²) in [6.45, 7) is 0. The minimum absolute atomic E-state index is 0.288. The third-order valence-corrected chi connectivity index (χ3v) is 2.13. The summed E-state index contributed by atoms with van der Waals surface area (Å²) in [5.41, 5.74) is 0.728. The largest absolute Gasteiger partial charge is 0.244 e. The van der Waals surface area contributed by atoms with Crippen molar-refractivity contribution in [2.24, 2.45) is 0 Å². The van der Waals surface area contributed by atoms with E-state index in [4.69, 9.17) is 0 Å². The van der Waals surface area contributed by atoms with Crippen LogP contribution in [0.4, 0.5) is 4.39 Å². The molecule has 1 aromatic heterocycles. The molecule has 0 aliphatic rings. The van der Waals surface area contributed by atoms with Gasteiger partial charge in [0.2, 0.25) is 0 Å². The van der Waals surface area contributed by atoms with Crippen LogP contribution in [0.15, 0.2) is 29.1 Å². The zero-order chi connectivity index (χ0) is 8.55. The van der Waals surface area contributed by atoms with Crippen molar-refractivity contribution in [3.05, 3.63) is 34.9 Å². The summed E-state index contributed by atoms with van der Waals surface area (Å²) in [5.74, 6) is -0.288. The Morgan fingerprint density at radius 1 is 1.33 bits per heavy atom. The zero-order valence-corrected chi connectivity index (χ0v) is 7.55. The highest BCUT2D eigenvalue weighted by Crippen LogP contribution is 2.21. The fourth-order valence-corrected chi connectivity index (χ4v) is 1.58. The lowest BCUT2D eigenvalue weighted by atomic mass is 10.2. The number of nitrogens with zero attached hydrogens (tertiary/aromatic N) is 2. The molecule has 0 spiro atoms. The Kier molecular flexibility index (Phi) is 1.77. The van der Waals surface area contributed by atoms with Gasteiger partial charge in [-0.05, 0) is 28.1 Å². The Bertz CT molecular complexity index is 430. The monoisotopic (exact) mass is 226 g/mol. The van der Waals surface area contributed by atoms with Crippen LogP contribution >= 0.6 is 15.9 Å². The van der Waals surface area contributed by atoms with Gasteiger partial charge in [0.1, 0.15) is 12.1 Å². The van der Waals surface area contributed by atoms with Crippen molar-refractivity contribution in [2.75, 3.05) is 0 Å². The maximum absolute atomic E-state index is 12.8. The molecule has 0 N–H and O–H groups in total. The van der Waals surface area contributed by atoms with Crippen molar-refractivity contribution in [2.45, 2.75) is 0 Å². The van der Waals surface area contributed by atoms with E-state index in [1.54, 1.807) is 6.20 Å². The number of hydrogen-bond acceptors (Lipinski definition) is 2. The molecule has 2 nitrogen and oxygen atoms in total. The van der Waals surface area contributed by atoms with Gasteiger partial charge in [-0.1, -0.05) is 0 Å². The van der Waals surface area contributed by atoms with Crippen LogP contribution < -0.4 is 0 Å². The minimum atomic E-state index is -0.288. The summed E-state index contributed by atoms with van der Waals surface area (Å²) < 4.78 is 13.5. The van der Waals surface area contributed by atoms with Crippen molar-refractivity contribution in [3.8, 4) is 0 Å². The molecule has 1 aromatic carbocycles. The van der Waals surface area contributed by atoms with E-state index in [-0.39, 0.29) is 5.82 Å². The van der Waals surface area contributed by atoms with Crippen molar-refractivity contribution in [1.82, 2.24) is 9.97 Å². The van der Waals surface area contributed by atoms with Crippen LogP contribution in [0, 0.1) is 5.82 Å². The molecule has 0 fully saturated rings. The fourth-order valence-electron chi connectivity index (χ4n) is 1.03. The Balaban J connectivity index is 2.89. The number of halogens is 2. The topological polar surface area (TPSA) is 25.8 Å². The van der Waals surface area contributed by atoms with Crippen LogP contribution in [-0.2, 0) is 0 Å². The molecule has 0 amide bonds. The summed E-state index contributed by atoms with van der Waals surface area (Å²) in [5, 5.41) is 0.698. The summed E-state index contributed by atoms with van der Waals surface area (Å²) in [6, 6.07) is 2.79. The number of benzene rings is 1. The van der Waals surface area contributed by atoms with Gasteiger partial charge in [-0.25, -0.2) is 14.4 Å². The molecular formula is C8H4BrFN2. The lowest BCUT2D eigenvalue weighted by Crippen LogP contribution is -1.83. The molecule has 0 bridgehead atoms. The average molecular weight is 227 g/mol. The minimum Gasteiger partial charge on any atom is -0.244 e. The van der Waals surface area contributed by atoms with Gasteiger partial charge in [-0.15, -0.1) is 0 Å². The van der Waals surface area contributed by atoms with Gasteiger partial charge in [-0.2, -0.15) is 0 Å². The Morgan fingerprint density at radius 2 is 2.17 bits per heavy atom. The summed E-state index contributed by atoms with van der Waals surface area (Å²) in [6.07, 6.45) is 3.02. The van der Waals surface area contributed by atoms with Gasteiger partial charge in [0.15, 0.2) is 0 Å². The quantitative estimate of drug-likeness (QED) is 0.691. The standard InChI is InChI=1S/C8H4BrFN2/c9-7-2-6(10)1-5-3-11-4-12-8(5)7/h1-4H. The van der Waals surface area contributed by atoms with Crippen molar-refractivity contribution in [1.29, 1.82) is 0 Å². The molecule has 0 radical (unpaired) electrons. The molecule has 0 aliphatic heterocycles. The van der Waals surface area contributed by atoms with Crippen LogP contribution in [0.5, 0.6) is 0 Å². The number of fused-ring (bicyclic) bond motifs is 1. The van der Waals surface area contributed by atoms with E-state index in [0.29, 0.717) is 9.86 Å². The van der Waals surface area contributed by atoms with Gasteiger partial charge >= 0.3 is 0 Å². The predicted molar refractivity (Wildman–Crippen MR) is 47.2 cm³/mol. The molecule has 4 heteroatoms. The van der Waals surface area contributed by atoms with Crippen molar-refractivity contribution >= 4 is 26.8 Å². The van der Waals surface area contributed by atoms with E-state index in [1.807, 2.05) is 0 Å². The molecule has 1 heterocycles. The van der Waals surface area contributed by atoms with Crippen LogP contribution in [0.3, 0.4) is 0 Å². The smallest absolute Gasteiger partial charge is 0.125 e. The van der Waals surface area contributed by atoms with Gasteiger partial charge in [0.25, 0.3) is 0 Å². The van der Waals surface area contributed by atoms with Crippen LogP contribution in [0.25, 0.3) is 10.9 Å². The maximum Gasteiger partial charge on any atom is 0.125 e. The number of aromatic nitrogens is 2. The second-order valence-corrected chi connectivity index (χ2v) is 3.20. The molecule has 0 saturated carbocycles. The maximum atomic E-state index is 12.8. The van der Waals surface area contributed by atoms with Gasteiger partial charge in [-0.3, -0.25) is 0 Å². The molecule has 0 atom stereocenters. The highest BCUT2D eigenvalue weighted by molar-refractivity contribution is 9.10. The first-order valence-corrected chi connectivity index (χ1v) is 4.11. The fraction of sp³-hybridized carbons (Fsp3) is 0. The summed E-state index contributed by atoms with van der Waals surface area (Å²) in [4.78, 5) is 7.79. The summed E-state index contributed by atoms with van der Waals surface area (Å²) >= 11 is 3.22. The predicted octanol–water partition coefficient (Wildman–Crippen LogP) is 2.53. The van der Waals surface area contributed by atoms with Crippen molar-refractivity contribution in [3.63, 3.8) is 0 Å². The van der Waals surface area contributed by atoms with Crippen LogP contribution in [0.1, 0.15) is 0 Å². The molecule has 2 aromatic rings. The molecule has 0 unspecified atom stereocenters. The lowest BCUT2D eigenvalue weighted by molar-refractivity contribution is 0.628. The highest BCUT2D eigenvalue weighted by Gasteiger charge is 2.01. The third kappa shape index (κ3) is 1.18. The molecule has 60 valence electrons. The van der Waals surface area contributed by atoms with Crippen LogP contribution in [0.2, 0.25) is 0 Å². The highest BCUT2D eigenvalue weighted by atomic mass is 79.9. The second kappa shape index (κ2) is 2.79.